The van der Waals surface area contributed by atoms with E-state index in [1.165, 1.54) is 42.2 Å². The first kappa shape index (κ1) is 22.6. The van der Waals surface area contributed by atoms with Crippen molar-refractivity contribution in [3.63, 3.8) is 0 Å². The van der Waals surface area contributed by atoms with E-state index in [4.69, 9.17) is 4.74 Å². The fourth-order valence-electron chi connectivity index (χ4n) is 2.55. The molecular formula is C21H22N4O4S2. The third-order valence-corrected chi connectivity index (χ3v) is 6.65. The van der Waals surface area contributed by atoms with Crippen molar-refractivity contribution in [2.24, 2.45) is 0 Å². The van der Waals surface area contributed by atoms with E-state index in [1.807, 2.05) is 24.3 Å². The molecule has 2 N–H and O–H groups in total. The highest BCUT2D eigenvalue weighted by molar-refractivity contribution is 8.00. The zero-order valence-corrected chi connectivity index (χ0v) is 18.8. The van der Waals surface area contributed by atoms with Gasteiger partial charge in [-0.25, -0.2) is 23.1 Å². The van der Waals surface area contributed by atoms with E-state index in [0.717, 1.165) is 10.6 Å². The van der Waals surface area contributed by atoms with Gasteiger partial charge in [-0.15, -0.1) is 11.8 Å². The van der Waals surface area contributed by atoms with Gasteiger partial charge in [-0.3, -0.25) is 4.79 Å². The molecular weight excluding hydrogens is 436 g/mol. The molecule has 10 heteroatoms. The lowest BCUT2D eigenvalue weighted by Gasteiger charge is -2.13. The molecule has 1 amide bonds. The average Bonchev–Trinajstić information content (AvgIpc) is 2.74. The summed E-state index contributed by atoms with van der Waals surface area (Å²) < 4.78 is 32.5. The van der Waals surface area contributed by atoms with Crippen molar-refractivity contribution in [1.29, 1.82) is 0 Å². The predicted molar refractivity (Wildman–Crippen MR) is 121 cm³/mol. The van der Waals surface area contributed by atoms with Gasteiger partial charge >= 0.3 is 0 Å². The predicted octanol–water partition coefficient (Wildman–Crippen LogP) is 3.71. The number of rotatable bonds is 8. The number of amides is 1. The zero-order chi connectivity index (χ0) is 22.4. The fourth-order valence-corrected chi connectivity index (χ4v) is 4.37. The summed E-state index contributed by atoms with van der Waals surface area (Å²) in [5.41, 5.74) is 1.14. The minimum absolute atomic E-state index is 0.00163. The van der Waals surface area contributed by atoms with E-state index in [0.29, 0.717) is 11.4 Å². The van der Waals surface area contributed by atoms with Gasteiger partial charge in [0.25, 0.3) is 10.0 Å². The maximum atomic E-state index is 12.5. The summed E-state index contributed by atoms with van der Waals surface area (Å²) in [6.45, 7) is 3.54. The first-order valence-corrected chi connectivity index (χ1v) is 11.7. The number of sulfonamides is 1. The summed E-state index contributed by atoms with van der Waals surface area (Å²) in [6, 6.07) is 15.0. The third kappa shape index (κ3) is 6.19. The number of aromatic nitrogens is 2. The summed E-state index contributed by atoms with van der Waals surface area (Å²) in [4.78, 5) is 21.4. The first-order valence-electron chi connectivity index (χ1n) is 9.31. The highest BCUT2D eigenvalue weighted by atomic mass is 32.2. The summed E-state index contributed by atoms with van der Waals surface area (Å²) in [6.07, 6.45) is 1.48. The van der Waals surface area contributed by atoms with Gasteiger partial charge in [0.2, 0.25) is 11.9 Å². The van der Waals surface area contributed by atoms with Crippen molar-refractivity contribution in [3.8, 4) is 5.75 Å². The van der Waals surface area contributed by atoms with Crippen LogP contribution < -0.4 is 14.8 Å². The molecule has 0 saturated carbocycles. The van der Waals surface area contributed by atoms with Crippen molar-refractivity contribution < 1.29 is 17.9 Å². The highest BCUT2D eigenvalue weighted by Gasteiger charge is 2.18. The lowest BCUT2D eigenvalue weighted by molar-refractivity contribution is -0.115. The molecule has 2 aromatic carbocycles. The van der Waals surface area contributed by atoms with Crippen LogP contribution in [0.2, 0.25) is 0 Å². The van der Waals surface area contributed by atoms with Crippen LogP contribution in [0.25, 0.3) is 0 Å². The molecule has 0 fully saturated rings. The Hall–Kier alpha value is -3.11. The number of benzene rings is 2. The molecule has 1 heterocycles. The number of carbonyl (C=O) groups excluding carboxylic acids is 1. The molecule has 0 radical (unpaired) electrons. The number of hydrogen-bond acceptors (Lipinski definition) is 7. The summed E-state index contributed by atoms with van der Waals surface area (Å²) in [7, 11) is -2.24. The molecule has 0 aliphatic rings. The van der Waals surface area contributed by atoms with Gasteiger partial charge in [-0.2, -0.15) is 0 Å². The lowest BCUT2D eigenvalue weighted by atomic mass is 10.3. The molecule has 1 atom stereocenters. The Morgan fingerprint density at radius 3 is 2.35 bits per heavy atom. The second-order valence-electron chi connectivity index (χ2n) is 6.58. The standard InChI is InChI=1S/C21H22N4O4S2/c1-14-12-13-22-21(23-14)25-31(27,28)19-10-4-16(5-11-19)24-20(26)15(2)30-18-8-6-17(29-3)7-9-18/h4-13,15H,1-3H3,(H,24,26)(H,22,23,25)/t15-/m1/s1. The van der Waals surface area contributed by atoms with Crippen LogP contribution in [-0.2, 0) is 14.8 Å². The molecule has 0 aliphatic carbocycles. The molecule has 3 rings (SSSR count). The van der Waals surface area contributed by atoms with Gasteiger partial charge in [0.1, 0.15) is 5.75 Å². The second kappa shape index (κ2) is 9.80. The third-order valence-electron chi connectivity index (χ3n) is 4.19. The number of ether oxygens (including phenoxy) is 1. The summed E-state index contributed by atoms with van der Waals surface area (Å²) in [5.74, 6) is 0.560. The number of anilines is 2. The van der Waals surface area contributed by atoms with E-state index in [9.17, 15) is 13.2 Å². The van der Waals surface area contributed by atoms with Crippen LogP contribution in [0.15, 0.2) is 70.6 Å². The van der Waals surface area contributed by atoms with Crippen LogP contribution in [0.5, 0.6) is 5.75 Å². The Labute approximate surface area is 185 Å². The van der Waals surface area contributed by atoms with Gasteiger partial charge in [0.05, 0.1) is 17.3 Å². The van der Waals surface area contributed by atoms with Gasteiger partial charge < -0.3 is 10.1 Å². The van der Waals surface area contributed by atoms with Crippen LogP contribution in [-0.4, -0.2) is 36.7 Å². The van der Waals surface area contributed by atoms with Crippen LogP contribution in [0.4, 0.5) is 11.6 Å². The van der Waals surface area contributed by atoms with Crippen molar-refractivity contribution in [2.75, 3.05) is 17.1 Å². The summed E-state index contributed by atoms with van der Waals surface area (Å²) >= 11 is 1.41. The van der Waals surface area contributed by atoms with E-state index >= 15 is 0 Å². The number of thioether (sulfide) groups is 1. The minimum Gasteiger partial charge on any atom is -0.497 e. The van der Waals surface area contributed by atoms with Crippen LogP contribution in [0, 0.1) is 6.92 Å². The van der Waals surface area contributed by atoms with Gasteiger partial charge in [0.15, 0.2) is 0 Å². The molecule has 1 aromatic heterocycles. The molecule has 162 valence electrons. The van der Waals surface area contributed by atoms with Gasteiger partial charge in [-0.05, 0) is 68.4 Å². The fraction of sp³-hybridized carbons (Fsp3) is 0.190. The quantitative estimate of drug-likeness (QED) is 0.495. The Morgan fingerprint density at radius 1 is 1.06 bits per heavy atom. The first-order chi connectivity index (χ1) is 14.8. The molecule has 0 saturated heterocycles. The Bertz CT molecular complexity index is 1150. The van der Waals surface area contributed by atoms with Crippen molar-refractivity contribution in [2.45, 2.75) is 28.9 Å². The zero-order valence-electron chi connectivity index (χ0n) is 17.2. The van der Waals surface area contributed by atoms with E-state index in [-0.39, 0.29) is 22.0 Å². The van der Waals surface area contributed by atoms with Crippen molar-refractivity contribution in [1.82, 2.24) is 9.97 Å². The van der Waals surface area contributed by atoms with Crippen molar-refractivity contribution >= 4 is 39.3 Å². The monoisotopic (exact) mass is 458 g/mol. The van der Waals surface area contributed by atoms with Crippen LogP contribution in [0.1, 0.15) is 12.6 Å². The van der Waals surface area contributed by atoms with E-state index in [1.54, 1.807) is 27.0 Å². The van der Waals surface area contributed by atoms with E-state index < -0.39 is 10.0 Å². The van der Waals surface area contributed by atoms with Crippen LogP contribution >= 0.6 is 11.8 Å². The Kier molecular flexibility index (Phi) is 7.13. The molecule has 31 heavy (non-hydrogen) atoms. The highest BCUT2D eigenvalue weighted by Crippen LogP contribution is 2.26. The largest absolute Gasteiger partial charge is 0.497 e. The molecule has 0 unspecified atom stereocenters. The minimum atomic E-state index is -3.84. The summed E-state index contributed by atoms with van der Waals surface area (Å²) in [5, 5.41) is 2.45. The number of methoxy groups -OCH3 is 1. The smallest absolute Gasteiger partial charge is 0.264 e. The maximum absolute atomic E-state index is 12.5. The average molecular weight is 459 g/mol. The second-order valence-corrected chi connectivity index (χ2v) is 9.67. The number of nitrogens with zero attached hydrogens (tertiary/aromatic N) is 2. The number of aryl methyl sites for hydroxylation is 1. The molecule has 0 bridgehead atoms. The molecule has 0 spiro atoms. The normalized spacial score (nSPS) is 12.1. The van der Waals surface area contributed by atoms with Gasteiger partial charge in [-0.1, -0.05) is 0 Å². The lowest BCUT2D eigenvalue weighted by Crippen LogP contribution is -2.22. The molecule has 8 nitrogen and oxygen atoms in total. The van der Waals surface area contributed by atoms with E-state index in [2.05, 4.69) is 20.0 Å². The topological polar surface area (TPSA) is 110 Å². The van der Waals surface area contributed by atoms with Gasteiger partial charge in [0, 0.05) is 22.5 Å². The number of hydrogen-bond donors (Lipinski definition) is 2. The van der Waals surface area contributed by atoms with Crippen LogP contribution in [0.3, 0.4) is 0 Å². The Balaban J connectivity index is 1.61. The Morgan fingerprint density at radius 2 is 1.74 bits per heavy atom. The van der Waals surface area contributed by atoms with Crippen molar-refractivity contribution in [3.05, 3.63) is 66.5 Å². The SMILES string of the molecule is COc1ccc(S[C@H](C)C(=O)Nc2ccc(S(=O)(=O)Nc3nccc(C)n3)cc2)cc1. The maximum Gasteiger partial charge on any atom is 0.264 e. The number of nitrogens with one attached hydrogen (secondary N) is 2. The molecule has 0 aliphatic heterocycles. The number of carbonyl (C=O) groups is 1. The molecule has 3 aromatic rings.